The van der Waals surface area contributed by atoms with Crippen LogP contribution in [0.1, 0.15) is 0 Å². The summed E-state index contributed by atoms with van der Waals surface area (Å²) in [7, 11) is 0. The number of anilines is 2. The predicted molar refractivity (Wildman–Crippen MR) is 83.3 cm³/mol. The van der Waals surface area contributed by atoms with E-state index in [1.165, 1.54) is 30.3 Å². The Kier molecular flexibility index (Phi) is 4.57. The monoisotopic (exact) mass is 368 g/mol. The van der Waals surface area contributed by atoms with Crippen molar-refractivity contribution in [2.45, 2.75) is 6.36 Å². The maximum absolute atomic E-state index is 12.3. The quantitative estimate of drug-likeness (QED) is 0.836. The van der Waals surface area contributed by atoms with Gasteiger partial charge in [-0.05, 0) is 24.3 Å². The molecule has 0 atom stereocenters. The molecule has 0 fully saturated rings. The minimum absolute atomic E-state index is 0.0179. The molecule has 0 spiro atoms. The molecule has 1 heterocycles. The number of imide groups is 1. The highest BCUT2D eigenvalue weighted by atomic mass is 19.4. The molecule has 1 N–H and O–H groups in total. The molecule has 1 aliphatic rings. The smallest absolute Gasteiger partial charge is 0.454 e. The second kappa shape index (κ2) is 6.82. The number of rotatable bonds is 4. The molecule has 136 valence electrons. The molecule has 0 aliphatic carbocycles. The molecule has 0 saturated heterocycles. The van der Waals surface area contributed by atoms with Crippen LogP contribution < -0.4 is 24.4 Å². The van der Waals surface area contributed by atoms with Crippen LogP contribution in [-0.2, 0) is 4.79 Å². The van der Waals surface area contributed by atoms with Crippen molar-refractivity contribution in [2.24, 2.45) is 0 Å². The number of urea groups is 1. The molecular weight excluding hydrogens is 357 g/mol. The van der Waals surface area contributed by atoms with E-state index in [-0.39, 0.29) is 24.6 Å². The van der Waals surface area contributed by atoms with Crippen LogP contribution in [0.15, 0.2) is 42.5 Å². The van der Waals surface area contributed by atoms with Crippen molar-refractivity contribution in [1.29, 1.82) is 0 Å². The van der Waals surface area contributed by atoms with Crippen LogP contribution in [0.5, 0.6) is 17.2 Å². The highest BCUT2D eigenvalue weighted by Gasteiger charge is 2.31. The molecule has 2 aromatic carbocycles. The zero-order chi connectivity index (χ0) is 18.7. The molecule has 0 saturated carbocycles. The van der Waals surface area contributed by atoms with Gasteiger partial charge in [-0.1, -0.05) is 6.07 Å². The Bertz CT molecular complexity index is 841. The van der Waals surface area contributed by atoms with E-state index < -0.39 is 18.1 Å². The number of ether oxygens (including phenoxy) is 3. The number of benzene rings is 2. The second-order valence-corrected chi connectivity index (χ2v) is 5.02. The molecule has 1 aliphatic heterocycles. The Morgan fingerprint density at radius 2 is 1.92 bits per heavy atom. The van der Waals surface area contributed by atoms with Crippen LogP contribution in [0.4, 0.5) is 29.3 Å². The van der Waals surface area contributed by atoms with Crippen molar-refractivity contribution in [3.05, 3.63) is 42.5 Å². The highest BCUT2D eigenvalue weighted by Crippen LogP contribution is 2.35. The number of nitrogens with one attached hydrogen (secondary N) is 1. The van der Waals surface area contributed by atoms with Gasteiger partial charge in [0, 0.05) is 17.8 Å². The number of amides is 3. The number of nitrogens with zero attached hydrogens (tertiary/aromatic N) is 1. The number of fused-ring (bicyclic) bond motifs is 1. The summed E-state index contributed by atoms with van der Waals surface area (Å²) in [6.45, 7) is 0.0259. The van der Waals surface area contributed by atoms with Gasteiger partial charge >= 0.3 is 12.4 Å². The van der Waals surface area contributed by atoms with Crippen LogP contribution in [-0.4, -0.2) is 25.6 Å². The summed E-state index contributed by atoms with van der Waals surface area (Å²) in [4.78, 5) is 24.3. The first kappa shape index (κ1) is 17.4. The van der Waals surface area contributed by atoms with E-state index in [4.69, 9.17) is 9.47 Å². The third-order valence-corrected chi connectivity index (χ3v) is 3.28. The first-order chi connectivity index (χ1) is 12.4. The van der Waals surface area contributed by atoms with Crippen molar-refractivity contribution >= 4 is 23.8 Å². The van der Waals surface area contributed by atoms with Crippen LogP contribution in [0.2, 0.25) is 0 Å². The number of carbonyl (C=O) groups is 2. The van der Waals surface area contributed by atoms with Crippen molar-refractivity contribution in [1.82, 2.24) is 0 Å². The Labute approximate surface area is 144 Å². The predicted octanol–water partition coefficient (Wildman–Crippen LogP) is 3.51. The lowest BCUT2D eigenvalue weighted by Crippen LogP contribution is -2.33. The fraction of sp³-hybridized carbons (Fsp3) is 0.125. The summed E-state index contributed by atoms with van der Waals surface area (Å²) >= 11 is 0. The average Bonchev–Trinajstić information content (AvgIpc) is 3.02. The Balaban J connectivity index is 1.76. The summed E-state index contributed by atoms with van der Waals surface area (Å²) in [5, 5.41) is 2.32. The van der Waals surface area contributed by atoms with Gasteiger partial charge < -0.3 is 19.5 Å². The highest BCUT2D eigenvalue weighted by molar-refractivity contribution is 6.12. The van der Waals surface area contributed by atoms with Crippen molar-refractivity contribution in [3.63, 3.8) is 0 Å². The molecule has 0 bridgehead atoms. The zero-order valence-corrected chi connectivity index (χ0v) is 12.9. The van der Waals surface area contributed by atoms with Crippen molar-refractivity contribution < 1.29 is 37.0 Å². The third kappa shape index (κ3) is 3.97. The van der Waals surface area contributed by atoms with E-state index in [0.29, 0.717) is 11.5 Å². The van der Waals surface area contributed by atoms with Crippen LogP contribution in [0, 0.1) is 0 Å². The molecule has 3 rings (SSSR count). The van der Waals surface area contributed by atoms with Gasteiger partial charge in [-0.25, -0.2) is 9.69 Å². The zero-order valence-electron chi connectivity index (χ0n) is 12.9. The first-order valence-electron chi connectivity index (χ1n) is 7.17. The lowest BCUT2D eigenvalue weighted by atomic mass is 10.2. The number of halogens is 3. The van der Waals surface area contributed by atoms with Crippen molar-refractivity contribution in [3.8, 4) is 17.2 Å². The molecule has 0 unspecified atom stereocenters. The summed E-state index contributed by atoms with van der Waals surface area (Å²) in [6, 6.07) is 8.23. The third-order valence-electron chi connectivity index (χ3n) is 3.28. The van der Waals surface area contributed by atoms with E-state index in [9.17, 15) is 22.8 Å². The fourth-order valence-corrected chi connectivity index (χ4v) is 2.22. The van der Waals surface area contributed by atoms with E-state index in [2.05, 4.69) is 10.1 Å². The minimum Gasteiger partial charge on any atom is -0.454 e. The van der Waals surface area contributed by atoms with Crippen LogP contribution in [0.3, 0.4) is 0 Å². The van der Waals surface area contributed by atoms with Gasteiger partial charge in [0.25, 0.3) is 0 Å². The van der Waals surface area contributed by atoms with E-state index in [1.54, 1.807) is 0 Å². The normalized spacial score (nSPS) is 12.4. The van der Waals surface area contributed by atoms with Gasteiger partial charge in [0.15, 0.2) is 11.5 Å². The molecule has 10 heteroatoms. The van der Waals surface area contributed by atoms with E-state index in [1.807, 2.05) is 0 Å². The van der Waals surface area contributed by atoms with Gasteiger partial charge in [0.05, 0.1) is 5.69 Å². The first-order valence-corrected chi connectivity index (χ1v) is 7.17. The van der Waals surface area contributed by atoms with Gasteiger partial charge in [-0.15, -0.1) is 13.2 Å². The molecule has 0 radical (unpaired) electrons. The largest absolute Gasteiger partial charge is 0.573 e. The number of carbonyl (C=O) groups excluding carboxylic acids is 2. The maximum Gasteiger partial charge on any atom is 0.573 e. The lowest BCUT2D eigenvalue weighted by molar-refractivity contribution is -0.274. The van der Waals surface area contributed by atoms with Gasteiger partial charge in [0.2, 0.25) is 13.2 Å². The Hall–Kier alpha value is -3.43. The van der Waals surface area contributed by atoms with Crippen LogP contribution >= 0.6 is 0 Å². The number of alkyl halides is 3. The average molecular weight is 368 g/mol. The standard InChI is InChI=1S/C16H11F3N2O5/c17-16(18,19)26-12-3-1-2-10(6-12)20-15(23)21(8-22)11-4-5-13-14(7-11)25-9-24-13/h1-8H,9H2,(H,20,23). The lowest BCUT2D eigenvalue weighted by Gasteiger charge is -2.17. The van der Waals surface area contributed by atoms with E-state index >= 15 is 0 Å². The van der Waals surface area contributed by atoms with Gasteiger partial charge in [0.1, 0.15) is 5.75 Å². The van der Waals surface area contributed by atoms with E-state index in [0.717, 1.165) is 17.0 Å². The summed E-state index contributed by atoms with van der Waals surface area (Å²) in [6.07, 6.45) is -4.59. The minimum atomic E-state index is -4.86. The molecule has 2 aromatic rings. The summed E-state index contributed by atoms with van der Waals surface area (Å²) in [5.74, 6) is 0.329. The summed E-state index contributed by atoms with van der Waals surface area (Å²) < 4.78 is 50.9. The maximum atomic E-state index is 12.3. The number of hydrogen-bond acceptors (Lipinski definition) is 5. The molecule has 0 aromatic heterocycles. The fourth-order valence-electron chi connectivity index (χ4n) is 2.22. The molecule has 26 heavy (non-hydrogen) atoms. The summed E-state index contributed by atoms with van der Waals surface area (Å²) in [5.41, 5.74) is 0.216. The van der Waals surface area contributed by atoms with Gasteiger partial charge in [-0.3, -0.25) is 4.79 Å². The topological polar surface area (TPSA) is 77.1 Å². The van der Waals surface area contributed by atoms with Crippen LogP contribution in [0.25, 0.3) is 0 Å². The molecule has 7 nitrogen and oxygen atoms in total. The van der Waals surface area contributed by atoms with Gasteiger partial charge in [-0.2, -0.15) is 0 Å². The molecular formula is C16H11F3N2O5. The molecule has 3 amide bonds. The van der Waals surface area contributed by atoms with Crippen molar-refractivity contribution in [2.75, 3.05) is 17.0 Å². The SMILES string of the molecule is O=CN(C(=O)Nc1cccc(OC(F)(F)F)c1)c1ccc2c(c1)OCO2. The number of hydrogen-bond donors (Lipinski definition) is 1. The second-order valence-electron chi connectivity index (χ2n) is 5.02. The Morgan fingerprint density at radius 3 is 2.65 bits per heavy atom. The Morgan fingerprint density at radius 1 is 1.15 bits per heavy atom.